The Morgan fingerprint density at radius 3 is 2.67 bits per heavy atom. The van der Waals surface area contributed by atoms with Gasteiger partial charge in [-0.2, -0.15) is 0 Å². The van der Waals surface area contributed by atoms with E-state index in [1.165, 1.54) is 0 Å². The first-order valence-electron chi connectivity index (χ1n) is 6.69. The Morgan fingerprint density at radius 2 is 1.90 bits per heavy atom. The Labute approximate surface area is 121 Å². The molecule has 106 valence electrons. The van der Waals surface area contributed by atoms with Crippen LogP contribution in [0.3, 0.4) is 0 Å². The normalized spacial score (nSPS) is 10.7. The number of H-pyrrole nitrogens is 1. The minimum Gasteiger partial charge on any atom is -0.508 e. The molecule has 0 fully saturated rings. The van der Waals surface area contributed by atoms with Crippen LogP contribution >= 0.6 is 0 Å². The lowest BCUT2D eigenvalue weighted by Crippen LogP contribution is -2.25. The molecule has 5 heteroatoms. The molecule has 1 amide bonds. The third-order valence-corrected chi connectivity index (χ3v) is 3.19. The summed E-state index contributed by atoms with van der Waals surface area (Å²) in [5.41, 5.74) is 2.70. The van der Waals surface area contributed by atoms with E-state index in [2.05, 4.69) is 15.3 Å². The monoisotopic (exact) mass is 281 g/mol. The number of carbonyl (C=O) groups excluding carboxylic acids is 1. The van der Waals surface area contributed by atoms with Crippen molar-refractivity contribution in [3.8, 4) is 5.75 Å². The number of nitrogens with one attached hydrogen (secondary N) is 2. The van der Waals surface area contributed by atoms with Crippen molar-refractivity contribution < 1.29 is 9.90 Å². The van der Waals surface area contributed by atoms with Crippen molar-refractivity contribution in [3.05, 3.63) is 59.9 Å². The Morgan fingerprint density at radius 1 is 1.14 bits per heavy atom. The quantitative estimate of drug-likeness (QED) is 0.685. The zero-order valence-corrected chi connectivity index (χ0v) is 11.3. The van der Waals surface area contributed by atoms with E-state index in [9.17, 15) is 9.90 Å². The molecule has 0 aliphatic carbocycles. The highest BCUT2D eigenvalue weighted by atomic mass is 16.3. The molecule has 0 atom stereocenters. The van der Waals surface area contributed by atoms with E-state index in [0.717, 1.165) is 22.4 Å². The van der Waals surface area contributed by atoms with E-state index < -0.39 is 0 Å². The van der Waals surface area contributed by atoms with Gasteiger partial charge in [-0.15, -0.1) is 0 Å². The third-order valence-electron chi connectivity index (χ3n) is 3.19. The zero-order valence-electron chi connectivity index (χ0n) is 11.3. The summed E-state index contributed by atoms with van der Waals surface area (Å²) in [6, 6.07) is 14.3. The average Bonchev–Trinajstić information content (AvgIpc) is 2.90. The van der Waals surface area contributed by atoms with Crippen LogP contribution in [0.1, 0.15) is 11.4 Å². The molecule has 1 aromatic heterocycles. The second kappa shape index (κ2) is 5.66. The first kappa shape index (κ1) is 13.2. The van der Waals surface area contributed by atoms with Gasteiger partial charge in [0, 0.05) is 0 Å². The number of aromatic amines is 1. The van der Waals surface area contributed by atoms with Gasteiger partial charge in [-0.05, 0) is 29.8 Å². The number of hydrogen-bond donors (Lipinski definition) is 3. The Bertz CT molecular complexity index is 730. The fraction of sp³-hybridized carbons (Fsp3) is 0.125. The van der Waals surface area contributed by atoms with Gasteiger partial charge in [0.05, 0.1) is 24.0 Å². The number of amides is 1. The molecule has 0 aliphatic heterocycles. The van der Waals surface area contributed by atoms with Gasteiger partial charge in [0.1, 0.15) is 11.6 Å². The number of phenols is 1. The van der Waals surface area contributed by atoms with Crippen molar-refractivity contribution in [1.82, 2.24) is 15.3 Å². The average molecular weight is 281 g/mol. The van der Waals surface area contributed by atoms with Crippen molar-refractivity contribution in [1.29, 1.82) is 0 Å². The lowest BCUT2D eigenvalue weighted by molar-refractivity contribution is -0.120. The molecule has 0 radical (unpaired) electrons. The number of hydrogen-bond acceptors (Lipinski definition) is 3. The van der Waals surface area contributed by atoms with Crippen LogP contribution in [-0.2, 0) is 17.8 Å². The minimum atomic E-state index is -0.0823. The van der Waals surface area contributed by atoms with Crippen LogP contribution in [0.15, 0.2) is 48.5 Å². The Kier molecular flexibility index (Phi) is 3.55. The molecule has 0 saturated carbocycles. The van der Waals surface area contributed by atoms with Gasteiger partial charge in [0.25, 0.3) is 0 Å². The molecule has 5 nitrogen and oxygen atoms in total. The number of imidazole rings is 1. The van der Waals surface area contributed by atoms with Crippen molar-refractivity contribution in [2.24, 2.45) is 0 Å². The van der Waals surface area contributed by atoms with Crippen LogP contribution in [0, 0.1) is 0 Å². The molecule has 3 rings (SSSR count). The number of aromatic nitrogens is 2. The largest absolute Gasteiger partial charge is 0.508 e. The van der Waals surface area contributed by atoms with Crippen LogP contribution < -0.4 is 5.32 Å². The predicted octanol–water partition coefficient (Wildman–Crippen LogP) is 2.13. The van der Waals surface area contributed by atoms with Crippen LogP contribution in [0.2, 0.25) is 0 Å². The highest BCUT2D eigenvalue weighted by molar-refractivity contribution is 5.79. The highest BCUT2D eigenvalue weighted by Gasteiger charge is 2.06. The molecular formula is C16H15N3O2. The summed E-state index contributed by atoms with van der Waals surface area (Å²) in [4.78, 5) is 19.4. The summed E-state index contributed by atoms with van der Waals surface area (Å²) < 4.78 is 0. The van der Waals surface area contributed by atoms with Crippen LogP contribution in [-0.4, -0.2) is 21.0 Å². The maximum atomic E-state index is 11.9. The van der Waals surface area contributed by atoms with Crippen LogP contribution in [0.5, 0.6) is 5.75 Å². The topological polar surface area (TPSA) is 78.0 Å². The number of phenolic OH excluding ortho intramolecular Hbond substituents is 1. The molecule has 0 unspecified atom stereocenters. The molecule has 0 bridgehead atoms. The first-order chi connectivity index (χ1) is 10.2. The lowest BCUT2D eigenvalue weighted by atomic mass is 10.1. The fourth-order valence-electron chi connectivity index (χ4n) is 2.13. The number of para-hydroxylation sites is 2. The summed E-state index contributed by atoms with van der Waals surface area (Å²) in [7, 11) is 0. The van der Waals surface area contributed by atoms with Gasteiger partial charge in [-0.3, -0.25) is 4.79 Å². The van der Waals surface area contributed by atoms with E-state index in [0.29, 0.717) is 6.54 Å². The number of fused-ring (bicyclic) bond motifs is 1. The first-order valence-corrected chi connectivity index (χ1v) is 6.69. The molecule has 3 aromatic rings. The van der Waals surface area contributed by atoms with E-state index in [-0.39, 0.29) is 18.1 Å². The fourth-order valence-corrected chi connectivity index (χ4v) is 2.13. The SMILES string of the molecule is O=C(Cc1ccc(O)cc1)NCc1nc2ccccc2[nH]1. The Hall–Kier alpha value is -2.82. The predicted molar refractivity (Wildman–Crippen MR) is 79.8 cm³/mol. The molecule has 3 N–H and O–H groups in total. The van der Waals surface area contributed by atoms with Gasteiger partial charge < -0.3 is 15.4 Å². The minimum absolute atomic E-state index is 0.0823. The smallest absolute Gasteiger partial charge is 0.224 e. The van der Waals surface area contributed by atoms with E-state index in [4.69, 9.17) is 0 Å². The lowest BCUT2D eigenvalue weighted by Gasteiger charge is -2.03. The third kappa shape index (κ3) is 3.20. The van der Waals surface area contributed by atoms with Crippen molar-refractivity contribution in [3.63, 3.8) is 0 Å². The molecule has 0 spiro atoms. The summed E-state index contributed by atoms with van der Waals surface area (Å²) >= 11 is 0. The molecule has 2 aromatic carbocycles. The second-order valence-electron chi connectivity index (χ2n) is 4.82. The van der Waals surface area contributed by atoms with Gasteiger partial charge in [-0.25, -0.2) is 4.98 Å². The standard InChI is InChI=1S/C16H15N3O2/c20-12-7-5-11(6-8-12)9-16(21)17-10-15-18-13-3-1-2-4-14(13)19-15/h1-8,20H,9-10H2,(H,17,21)(H,18,19). The maximum absolute atomic E-state index is 11.9. The molecule has 1 heterocycles. The second-order valence-corrected chi connectivity index (χ2v) is 4.82. The van der Waals surface area contributed by atoms with Crippen molar-refractivity contribution in [2.45, 2.75) is 13.0 Å². The van der Waals surface area contributed by atoms with Crippen molar-refractivity contribution >= 4 is 16.9 Å². The number of benzene rings is 2. The molecule has 0 saturated heterocycles. The maximum Gasteiger partial charge on any atom is 0.224 e. The van der Waals surface area contributed by atoms with E-state index in [1.807, 2.05) is 24.3 Å². The summed E-state index contributed by atoms with van der Waals surface area (Å²) in [6.45, 7) is 0.367. The number of carbonyl (C=O) groups is 1. The van der Waals surface area contributed by atoms with Crippen LogP contribution in [0.25, 0.3) is 11.0 Å². The zero-order chi connectivity index (χ0) is 14.7. The summed E-state index contributed by atoms with van der Waals surface area (Å²) in [5.74, 6) is 0.845. The highest BCUT2D eigenvalue weighted by Crippen LogP contribution is 2.11. The van der Waals surface area contributed by atoms with Gasteiger partial charge in [0.2, 0.25) is 5.91 Å². The summed E-state index contributed by atoms with van der Waals surface area (Å²) in [5, 5.41) is 12.0. The van der Waals surface area contributed by atoms with Crippen molar-refractivity contribution in [2.75, 3.05) is 0 Å². The molecule has 21 heavy (non-hydrogen) atoms. The van der Waals surface area contributed by atoms with E-state index in [1.54, 1.807) is 24.3 Å². The van der Waals surface area contributed by atoms with Gasteiger partial charge >= 0.3 is 0 Å². The van der Waals surface area contributed by atoms with E-state index >= 15 is 0 Å². The summed E-state index contributed by atoms with van der Waals surface area (Å²) in [6.07, 6.45) is 0.278. The molecular weight excluding hydrogens is 266 g/mol. The van der Waals surface area contributed by atoms with Gasteiger partial charge in [-0.1, -0.05) is 24.3 Å². The number of nitrogens with zero attached hydrogens (tertiary/aromatic N) is 1. The Balaban J connectivity index is 1.59. The number of rotatable bonds is 4. The molecule has 0 aliphatic rings. The number of aromatic hydroxyl groups is 1. The van der Waals surface area contributed by atoms with Gasteiger partial charge in [0.15, 0.2) is 0 Å². The van der Waals surface area contributed by atoms with Crippen LogP contribution in [0.4, 0.5) is 0 Å².